The summed E-state index contributed by atoms with van der Waals surface area (Å²) in [6, 6.07) is 10.9. The van der Waals surface area contributed by atoms with Gasteiger partial charge >= 0.3 is 0 Å². The first kappa shape index (κ1) is 17.9. The maximum Gasteiger partial charge on any atom is 0.216 e. The molecule has 0 unspecified atom stereocenters. The summed E-state index contributed by atoms with van der Waals surface area (Å²) in [6.07, 6.45) is 0. The second kappa shape index (κ2) is 8.47. The number of hydrogen-bond acceptors (Lipinski definition) is 5. The molecule has 25 heavy (non-hydrogen) atoms. The maximum absolute atomic E-state index is 5.52. The molecule has 6 nitrogen and oxygen atoms in total. The Labute approximate surface area is 149 Å². The van der Waals surface area contributed by atoms with Crippen LogP contribution in [-0.2, 0) is 18.3 Å². The molecule has 2 heterocycles. The molecule has 3 rings (SSSR count). The van der Waals surface area contributed by atoms with Gasteiger partial charge in [-0.25, -0.2) is 4.68 Å². The summed E-state index contributed by atoms with van der Waals surface area (Å²) in [7, 11) is 3.61. The number of benzene rings is 1. The molecule has 1 N–H and O–H groups in total. The number of ether oxygens (including phenoxy) is 2. The topological polar surface area (TPSA) is 51.6 Å². The Balaban J connectivity index is 1.73. The van der Waals surface area contributed by atoms with Crippen molar-refractivity contribution >= 4 is 0 Å². The van der Waals surface area contributed by atoms with Gasteiger partial charge in [0.25, 0.3) is 0 Å². The van der Waals surface area contributed by atoms with Gasteiger partial charge < -0.3 is 14.8 Å². The largest absolute Gasteiger partial charge is 0.481 e. The van der Waals surface area contributed by atoms with E-state index in [9.17, 15) is 0 Å². The molecule has 0 spiro atoms. The average molecular weight is 344 g/mol. The molecule has 1 atom stereocenters. The van der Waals surface area contributed by atoms with Crippen LogP contribution in [0.15, 0.2) is 30.3 Å². The second-order valence-corrected chi connectivity index (χ2v) is 6.45. The minimum Gasteiger partial charge on any atom is -0.481 e. The highest BCUT2D eigenvalue weighted by Crippen LogP contribution is 2.23. The SMILES string of the molecule is COc1c(CN[C@@H](CN2CCOCC2)c2ccccc2)c(C)nn1C. The van der Waals surface area contributed by atoms with Crippen molar-refractivity contribution in [1.29, 1.82) is 0 Å². The third-order valence-electron chi connectivity index (χ3n) is 4.75. The molecule has 2 aromatic rings. The van der Waals surface area contributed by atoms with Crippen molar-refractivity contribution in [2.45, 2.75) is 19.5 Å². The zero-order chi connectivity index (χ0) is 17.6. The first-order valence-corrected chi connectivity index (χ1v) is 8.84. The lowest BCUT2D eigenvalue weighted by molar-refractivity contribution is 0.0333. The summed E-state index contributed by atoms with van der Waals surface area (Å²) in [4.78, 5) is 2.46. The van der Waals surface area contributed by atoms with Gasteiger partial charge in [0.15, 0.2) is 0 Å². The van der Waals surface area contributed by atoms with Gasteiger partial charge in [-0.1, -0.05) is 30.3 Å². The van der Waals surface area contributed by atoms with Crippen LogP contribution in [0.3, 0.4) is 0 Å². The zero-order valence-electron chi connectivity index (χ0n) is 15.4. The first-order chi connectivity index (χ1) is 12.2. The van der Waals surface area contributed by atoms with Gasteiger partial charge in [0, 0.05) is 39.3 Å². The van der Waals surface area contributed by atoms with Crippen molar-refractivity contribution in [3.8, 4) is 5.88 Å². The van der Waals surface area contributed by atoms with E-state index >= 15 is 0 Å². The molecular formula is C19H28N4O2. The maximum atomic E-state index is 5.52. The number of nitrogens with one attached hydrogen (secondary N) is 1. The Kier molecular flexibility index (Phi) is 6.07. The van der Waals surface area contributed by atoms with E-state index in [0.29, 0.717) is 0 Å². The number of hydrogen-bond donors (Lipinski definition) is 1. The summed E-state index contributed by atoms with van der Waals surface area (Å²) in [5.41, 5.74) is 3.42. The van der Waals surface area contributed by atoms with Gasteiger partial charge in [-0.15, -0.1) is 0 Å². The van der Waals surface area contributed by atoms with Gasteiger partial charge in [-0.05, 0) is 12.5 Å². The van der Waals surface area contributed by atoms with Crippen LogP contribution < -0.4 is 10.1 Å². The number of nitrogens with zero attached hydrogens (tertiary/aromatic N) is 3. The van der Waals surface area contributed by atoms with E-state index in [0.717, 1.165) is 56.5 Å². The van der Waals surface area contributed by atoms with E-state index in [2.05, 4.69) is 45.6 Å². The van der Waals surface area contributed by atoms with Crippen LogP contribution in [0.5, 0.6) is 5.88 Å². The Bertz CT molecular complexity index is 666. The fourth-order valence-electron chi connectivity index (χ4n) is 3.38. The van der Waals surface area contributed by atoms with E-state index in [1.54, 1.807) is 11.8 Å². The molecule has 1 aromatic carbocycles. The average Bonchev–Trinajstić information content (AvgIpc) is 2.92. The van der Waals surface area contributed by atoms with Crippen molar-refractivity contribution in [3.05, 3.63) is 47.2 Å². The molecule has 1 aromatic heterocycles. The fourth-order valence-corrected chi connectivity index (χ4v) is 3.38. The molecular weight excluding hydrogens is 316 g/mol. The summed E-state index contributed by atoms with van der Waals surface area (Å²) in [6.45, 7) is 7.33. The number of aryl methyl sites for hydroxylation is 2. The van der Waals surface area contributed by atoms with Crippen LogP contribution in [0.1, 0.15) is 22.9 Å². The second-order valence-electron chi connectivity index (χ2n) is 6.45. The van der Waals surface area contributed by atoms with Gasteiger partial charge in [-0.3, -0.25) is 4.90 Å². The van der Waals surface area contributed by atoms with E-state index in [4.69, 9.17) is 9.47 Å². The van der Waals surface area contributed by atoms with Crippen molar-refractivity contribution in [2.75, 3.05) is 40.0 Å². The lowest BCUT2D eigenvalue weighted by atomic mass is 10.1. The fraction of sp³-hybridized carbons (Fsp3) is 0.526. The Morgan fingerprint density at radius 2 is 1.96 bits per heavy atom. The summed E-state index contributed by atoms with van der Waals surface area (Å²) < 4.78 is 12.8. The third-order valence-corrected chi connectivity index (χ3v) is 4.75. The van der Waals surface area contributed by atoms with Crippen molar-refractivity contribution in [3.63, 3.8) is 0 Å². The monoisotopic (exact) mass is 344 g/mol. The molecule has 0 amide bonds. The molecule has 1 aliphatic heterocycles. The Morgan fingerprint density at radius 1 is 1.24 bits per heavy atom. The van der Waals surface area contributed by atoms with Crippen LogP contribution >= 0.6 is 0 Å². The van der Waals surface area contributed by atoms with Gasteiger partial charge in [0.1, 0.15) is 0 Å². The number of aromatic nitrogens is 2. The van der Waals surface area contributed by atoms with E-state index in [1.165, 1.54) is 5.56 Å². The zero-order valence-corrected chi connectivity index (χ0v) is 15.4. The standard InChI is InChI=1S/C19H28N4O2/c1-15-17(19(24-3)22(2)21-15)13-20-18(16-7-5-4-6-8-16)14-23-9-11-25-12-10-23/h4-8,18,20H,9-14H2,1-3H3/t18-/m0/s1. The van der Waals surface area contributed by atoms with Gasteiger partial charge in [0.05, 0.1) is 31.6 Å². The first-order valence-electron chi connectivity index (χ1n) is 8.84. The summed E-state index contributed by atoms with van der Waals surface area (Å²) >= 11 is 0. The van der Waals surface area contributed by atoms with Crippen molar-refractivity contribution in [2.24, 2.45) is 7.05 Å². The number of methoxy groups -OCH3 is 1. The molecule has 0 aliphatic carbocycles. The van der Waals surface area contributed by atoms with Crippen molar-refractivity contribution < 1.29 is 9.47 Å². The summed E-state index contributed by atoms with van der Waals surface area (Å²) in [5, 5.41) is 8.19. The highest BCUT2D eigenvalue weighted by atomic mass is 16.5. The molecule has 6 heteroatoms. The lowest BCUT2D eigenvalue weighted by Crippen LogP contribution is -2.41. The molecule has 0 radical (unpaired) electrons. The van der Waals surface area contributed by atoms with E-state index in [-0.39, 0.29) is 6.04 Å². The Hall–Kier alpha value is -1.89. The van der Waals surface area contributed by atoms with E-state index < -0.39 is 0 Å². The number of rotatable bonds is 7. The lowest BCUT2D eigenvalue weighted by Gasteiger charge is -2.31. The minimum atomic E-state index is 0.253. The minimum absolute atomic E-state index is 0.253. The summed E-state index contributed by atoms with van der Waals surface area (Å²) in [5.74, 6) is 0.822. The van der Waals surface area contributed by atoms with Crippen LogP contribution in [0, 0.1) is 6.92 Å². The highest BCUT2D eigenvalue weighted by molar-refractivity contribution is 5.31. The van der Waals surface area contributed by atoms with E-state index in [1.807, 2.05) is 14.0 Å². The van der Waals surface area contributed by atoms with Gasteiger partial charge in [0.2, 0.25) is 5.88 Å². The predicted octanol–water partition coefficient (Wildman–Crippen LogP) is 1.90. The molecule has 136 valence electrons. The molecule has 1 aliphatic rings. The predicted molar refractivity (Wildman–Crippen MR) is 97.8 cm³/mol. The smallest absolute Gasteiger partial charge is 0.216 e. The normalized spacial score (nSPS) is 16.8. The van der Waals surface area contributed by atoms with Gasteiger partial charge in [-0.2, -0.15) is 5.10 Å². The number of morpholine rings is 1. The van der Waals surface area contributed by atoms with Crippen LogP contribution in [-0.4, -0.2) is 54.6 Å². The molecule has 1 fully saturated rings. The Morgan fingerprint density at radius 3 is 2.64 bits per heavy atom. The molecule has 0 bridgehead atoms. The van der Waals surface area contributed by atoms with Crippen LogP contribution in [0.25, 0.3) is 0 Å². The van der Waals surface area contributed by atoms with Crippen LogP contribution in [0.4, 0.5) is 0 Å². The molecule has 0 saturated carbocycles. The highest BCUT2D eigenvalue weighted by Gasteiger charge is 2.20. The third kappa shape index (κ3) is 4.39. The quantitative estimate of drug-likeness (QED) is 0.831. The van der Waals surface area contributed by atoms with Crippen molar-refractivity contribution in [1.82, 2.24) is 20.0 Å². The van der Waals surface area contributed by atoms with Crippen LogP contribution in [0.2, 0.25) is 0 Å². The molecule has 1 saturated heterocycles.